The third-order valence-corrected chi connectivity index (χ3v) is 2.64. The molecule has 0 bridgehead atoms. The SMILES string of the molecule is Cc1cc(Cl)cc(N2C(=O)NC(C)C2=O)c1. The van der Waals surface area contributed by atoms with Gasteiger partial charge in [-0.15, -0.1) is 0 Å². The zero-order valence-electron chi connectivity index (χ0n) is 8.95. The molecule has 0 radical (unpaired) electrons. The van der Waals surface area contributed by atoms with Crippen LogP contribution in [0.15, 0.2) is 18.2 Å². The first-order valence-corrected chi connectivity index (χ1v) is 5.28. The summed E-state index contributed by atoms with van der Waals surface area (Å²) in [6.07, 6.45) is 0. The van der Waals surface area contributed by atoms with E-state index in [4.69, 9.17) is 11.6 Å². The standard InChI is InChI=1S/C11H11ClN2O2/c1-6-3-8(12)5-9(4-6)14-10(15)7(2)13-11(14)16/h3-5,7H,1-2H3,(H,13,16). The van der Waals surface area contributed by atoms with Gasteiger partial charge in [0.15, 0.2) is 0 Å². The second kappa shape index (κ2) is 3.79. The van der Waals surface area contributed by atoms with Gasteiger partial charge in [-0.2, -0.15) is 0 Å². The minimum atomic E-state index is -0.480. The number of imide groups is 1. The van der Waals surface area contributed by atoms with Crippen LogP contribution < -0.4 is 10.2 Å². The molecule has 0 spiro atoms. The predicted octanol–water partition coefficient (Wildman–Crippen LogP) is 2.09. The Hall–Kier alpha value is -1.55. The summed E-state index contributed by atoms with van der Waals surface area (Å²) in [6.45, 7) is 3.51. The molecule has 1 aromatic rings. The van der Waals surface area contributed by atoms with Crippen molar-refractivity contribution in [3.63, 3.8) is 0 Å². The predicted molar refractivity (Wildman–Crippen MR) is 61.7 cm³/mol. The summed E-state index contributed by atoms with van der Waals surface area (Å²) < 4.78 is 0. The number of carbonyl (C=O) groups is 2. The molecule has 1 aliphatic rings. The molecule has 84 valence electrons. The lowest BCUT2D eigenvalue weighted by molar-refractivity contribution is -0.117. The fourth-order valence-corrected chi connectivity index (χ4v) is 1.98. The molecule has 1 aromatic carbocycles. The highest BCUT2D eigenvalue weighted by molar-refractivity contribution is 6.31. The van der Waals surface area contributed by atoms with E-state index in [1.165, 1.54) is 0 Å². The summed E-state index contributed by atoms with van der Waals surface area (Å²) in [7, 11) is 0. The van der Waals surface area contributed by atoms with Crippen molar-refractivity contribution in [2.45, 2.75) is 19.9 Å². The van der Waals surface area contributed by atoms with Crippen LogP contribution in [0.2, 0.25) is 5.02 Å². The third kappa shape index (κ3) is 1.76. The van der Waals surface area contributed by atoms with E-state index < -0.39 is 12.1 Å². The summed E-state index contributed by atoms with van der Waals surface area (Å²) in [4.78, 5) is 24.4. The van der Waals surface area contributed by atoms with E-state index in [-0.39, 0.29) is 5.91 Å². The van der Waals surface area contributed by atoms with Gasteiger partial charge in [-0.1, -0.05) is 11.6 Å². The number of hydrogen-bond acceptors (Lipinski definition) is 2. The number of hydrogen-bond donors (Lipinski definition) is 1. The van der Waals surface area contributed by atoms with Gasteiger partial charge in [0.2, 0.25) is 0 Å². The summed E-state index contributed by atoms with van der Waals surface area (Å²) >= 11 is 5.89. The summed E-state index contributed by atoms with van der Waals surface area (Å²) in [6, 6.07) is 4.24. The number of halogens is 1. The van der Waals surface area contributed by atoms with Crippen LogP contribution in [0.25, 0.3) is 0 Å². The zero-order valence-corrected chi connectivity index (χ0v) is 9.71. The molecular formula is C11H11ClN2O2. The van der Waals surface area contributed by atoms with Crippen molar-refractivity contribution in [3.05, 3.63) is 28.8 Å². The Morgan fingerprint density at radius 2 is 2.00 bits per heavy atom. The van der Waals surface area contributed by atoms with E-state index in [0.717, 1.165) is 10.5 Å². The van der Waals surface area contributed by atoms with Gasteiger partial charge in [0, 0.05) is 5.02 Å². The fourth-order valence-electron chi connectivity index (χ4n) is 1.70. The molecule has 5 heteroatoms. The molecule has 1 heterocycles. The van der Waals surface area contributed by atoms with E-state index in [1.807, 2.05) is 6.92 Å². The Kier molecular flexibility index (Phi) is 2.59. The average Bonchev–Trinajstić information content (AvgIpc) is 2.39. The molecular weight excluding hydrogens is 228 g/mol. The topological polar surface area (TPSA) is 49.4 Å². The van der Waals surface area contributed by atoms with Gasteiger partial charge in [0.25, 0.3) is 5.91 Å². The molecule has 1 unspecified atom stereocenters. The molecule has 1 aliphatic heterocycles. The van der Waals surface area contributed by atoms with Crippen molar-refractivity contribution in [3.8, 4) is 0 Å². The lowest BCUT2D eigenvalue weighted by Gasteiger charge is -2.13. The van der Waals surface area contributed by atoms with Gasteiger partial charge in [0.1, 0.15) is 6.04 Å². The highest BCUT2D eigenvalue weighted by Gasteiger charge is 2.36. The Bertz CT molecular complexity index is 453. The van der Waals surface area contributed by atoms with E-state index in [1.54, 1.807) is 25.1 Å². The Balaban J connectivity index is 2.44. The minimum absolute atomic E-state index is 0.258. The van der Waals surface area contributed by atoms with Crippen molar-refractivity contribution in [2.24, 2.45) is 0 Å². The van der Waals surface area contributed by atoms with E-state index >= 15 is 0 Å². The van der Waals surface area contributed by atoms with Crippen LogP contribution in [0, 0.1) is 6.92 Å². The van der Waals surface area contributed by atoms with Crippen LogP contribution >= 0.6 is 11.6 Å². The maximum atomic E-state index is 11.7. The number of benzene rings is 1. The van der Waals surface area contributed by atoms with Crippen molar-refractivity contribution >= 4 is 29.2 Å². The monoisotopic (exact) mass is 238 g/mol. The normalized spacial score (nSPS) is 20.2. The Morgan fingerprint density at radius 1 is 1.31 bits per heavy atom. The van der Waals surface area contributed by atoms with Crippen LogP contribution in [-0.4, -0.2) is 18.0 Å². The number of carbonyl (C=O) groups excluding carboxylic acids is 2. The Morgan fingerprint density at radius 3 is 2.50 bits per heavy atom. The van der Waals surface area contributed by atoms with E-state index in [0.29, 0.717) is 10.7 Å². The van der Waals surface area contributed by atoms with Crippen LogP contribution in [0.1, 0.15) is 12.5 Å². The number of nitrogens with one attached hydrogen (secondary N) is 1. The van der Waals surface area contributed by atoms with Crippen molar-refractivity contribution in [2.75, 3.05) is 4.90 Å². The van der Waals surface area contributed by atoms with Crippen LogP contribution in [0.3, 0.4) is 0 Å². The lowest BCUT2D eigenvalue weighted by atomic mass is 10.2. The second-order valence-corrected chi connectivity index (χ2v) is 4.27. The lowest BCUT2D eigenvalue weighted by Crippen LogP contribution is -2.30. The first kappa shape index (κ1) is 11.0. The largest absolute Gasteiger partial charge is 0.329 e. The maximum absolute atomic E-state index is 11.7. The highest BCUT2D eigenvalue weighted by Crippen LogP contribution is 2.24. The number of amides is 3. The fraction of sp³-hybridized carbons (Fsp3) is 0.273. The molecule has 0 aromatic heterocycles. The Labute approximate surface area is 98.2 Å². The maximum Gasteiger partial charge on any atom is 0.329 e. The molecule has 0 aliphatic carbocycles. The molecule has 1 atom stereocenters. The number of nitrogens with zero attached hydrogens (tertiary/aromatic N) is 1. The minimum Gasteiger partial charge on any atom is -0.326 e. The summed E-state index contributed by atoms with van der Waals surface area (Å²) in [5.74, 6) is -0.258. The smallest absolute Gasteiger partial charge is 0.326 e. The second-order valence-electron chi connectivity index (χ2n) is 3.83. The van der Waals surface area contributed by atoms with Gasteiger partial charge in [0.05, 0.1) is 5.69 Å². The van der Waals surface area contributed by atoms with Crippen LogP contribution in [0.4, 0.5) is 10.5 Å². The third-order valence-electron chi connectivity index (χ3n) is 2.42. The summed E-state index contributed by atoms with van der Waals surface area (Å²) in [5, 5.41) is 3.06. The van der Waals surface area contributed by atoms with Crippen molar-refractivity contribution in [1.29, 1.82) is 0 Å². The number of rotatable bonds is 1. The number of aryl methyl sites for hydroxylation is 1. The van der Waals surface area contributed by atoms with Gasteiger partial charge >= 0.3 is 6.03 Å². The molecule has 3 amide bonds. The average molecular weight is 239 g/mol. The molecule has 1 saturated heterocycles. The molecule has 0 saturated carbocycles. The van der Waals surface area contributed by atoms with E-state index in [9.17, 15) is 9.59 Å². The molecule has 4 nitrogen and oxygen atoms in total. The highest BCUT2D eigenvalue weighted by atomic mass is 35.5. The first-order chi connectivity index (χ1) is 7.49. The van der Waals surface area contributed by atoms with Crippen molar-refractivity contribution in [1.82, 2.24) is 5.32 Å². The summed E-state index contributed by atoms with van der Waals surface area (Å²) in [5.41, 5.74) is 1.42. The van der Waals surface area contributed by atoms with Crippen molar-refractivity contribution < 1.29 is 9.59 Å². The first-order valence-electron chi connectivity index (χ1n) is 4.90. The molecule has 16 heavy (non-hydrogen) atoms. The number of urea groups is 1. The van der Waals surface area contributed by atoms with Gasteiger partial charge in [-0.3, -0.25) is 4.79 Å². The van der Waals surface area contributed by atoms with Crippen LogP contribution in [0.5, 0.6) is 0 Å². The quantitative estimate of drug-likeness (QED) is 0.762. The van der Waals surface area contributed by atoms with Gasteiger partial charge in [-0.25, -0.2) is 9.69 Å². The number of anilines is 1. The molecule has 1 fully saturated rings. The zero-order chi connectivity index (χ0) is 11.9. The molecule has 1 N–H and O–H groups in total. The van der Waals surface area contributed by atoms with Gasteiger partial charge in [-0.05, 0) is 37.6 Å². The molecule has 2 rings (SSSR count). The van der Waals surface area contributed by atoms with E-state index in [2.05, 4.69) is 5.32 Å². The van der Waals surface area contributed by atoms with Crippen LogP contribution in [-0.2, 0) is 4.79 Å². The van der Waals surface area contributed by atoms with Gasteiger partial charge < -0.3 is 5.32 Å².